The number of ether oxygens (including phenoxy) is 1. The van der Waals surface area contributed by atoms with Gasteiger partial charge in [-0.1, -0.05) is 24.3 Å². The molecule has 0 fully saturated rings. The molecule has 24 heavy (non-hydrogen) atoms. The van der Waals surface area contributed by atoms with Gasteiger partial charge in [0.2, 0.25) is 5.91 Å². The summed E-state index contributed by atoms with van der Waals surface area (Å²) in [6.07, 6.45) is 2.91. The van der Waals surface area contributed by atoms with Gasteiger partial charge in [0.1, 0.15) is 0 Å². The molecular formula is C18H17NO5. The minimum atomic E-state index is -0.395. The molecule has 124 valence electrons. The van der Waals surface area contributed by atoms with Crippen molar-refractivity contribution in [1.82, 2.24) is 0 Å². The lowest BCUT2D eigenvalue weighted by Gasteiger charge is -2.07. The van der Waals surface area contributed by atoms with Gasteiger partial charge >= 0.3 is 0 Å². The van der Waals surface area contributed by atoms with Gasteiger partial charge in [-0.2, -0.15) is 0 Å². The average Bonchev–Trinajstić information content (AvgIpc) is 2.61. The molecule has 0 spiro atoms. The number of carbonyl (C=O) groups is 2. The maximum absolute atomic E-state index is 12.0. The van der Waals surface area contributed by atoms with Crippen molar-refractivity contribution < 1.29 is 24.5 Å². The summed E-state index contributed by atoms with van der Waals surface area (Å²) in [7, 11) is 0. The summed E-state index contributed by atoms with van der Waals surface area (Å²) in [6, 6.07) is 11.7. The van der Waals surface area contributed by atoms with Crippen LogP contribution in [0.1, 0.15) is 16.7 Å². The van der Waals surface area contributed by atoms with E-state index in [1.54, 1.807) is 48.5 Å². The third-order valence-electron chi connectivity index (χ3n) is 3.32. The first kappa shape index (κ1) is 17.4. The molecule has 0 atom stereocenters. The van der Waals surface area contributed by atoms with Crippen LogP contribution in [0.4, 0.5) is 5.69 Å². The number of carbonyl (C=O) groups excluding carboxylic acids is 2. The van der Waals surface area contributed by atoms with Crippen LogP contribution in [0.3, 0.4) is 0 Å². The minimum absolute atomic E-state index is 0.159. The zero-order valence-corrected chi connectivity index (χ0v) is 12.8. The summed E-state index contributed by atoms with van der Waals surface area (Å²) in [6.45, 7) is -0.0615. The van der Waals surface area contributed by atoms with Crippen molar-refractivity contribution in [2.75, 3.05) is 5.32 Å². The second-order valence-corrected chi connectivity index (χ2v) is 4.88. The van der Waals surface area contributed by atoms with Crippen LogP contribution >= 0.6 is 0 Å². The molecule has 6 heteroatoms. The number of aliphatic hydroxyl groups excluding tert-OH is 2. The number of hydrogen-bond acceptors (Lipinski definition) is 5. The van der Waals surface area contributed by atoms with Crippen LogP contribution in [0.5, 0.6) is 5.75 Å². The number of amides is 1. The van der Waals surface area contributed by atoms with Crippen LogP contribution in [-0.4, -0.2) is 22.6 Å². The van der Waals surface area contributed by atoms with E-state index >= 15 is 0 Å². The molecule has 0 aliphatic carbocycles. The van der Waals surface area contributed by atoms with Crippen molar-refractivity contribution in [3.63, 3.8) is 0 Å². The zero-order chi connectivity index (χ0) is 17.4. The van der Waals surface area contributed by atoms with E-state index in [0.717, 1.165) is 0 Å². The van der Waals surface area contributed by atoms with E-state index in [0.29, 0.717) is 28.8 Å². The molecule has 3 N–H and O–H groups in total. The molecule has 0 saturated carbocycles. The fraction of sp³-hybridized carbons (Fsp3) is 0.111. The summed E-state index contributed by atoms with van der Waals surface area (Å²) < 4.78 is 4.79. The lowest BCUT2D eigenvalue weighted by Crippen LogP contribution is -2.09. The number of aliphatic hydroxyl groups is 2. The van der Waals surface area contributed by atoms with Crippen molar-refractivity contribution in [1.29, 1.82) is 0 Å². The predicted molar refractivity (Wildman–Crippen MR) is 89.1 cm³/mol. The van der Waals surface area contributed by atoms with E-state index in [9.17, 15) is 14.7 Å². The average molecular weight is 327 g/mol. The third-order valence-corrected chi connectivity index (χ3v) is 3.32. The highest BCUT2D eigenvalue weighted by molar-refractivity contribution is 6.02. The summed E-state index contributed by atoms with van der Waals surface area (Å²) in [5.41, 5.74) is 2.33. The highest BCUT2D eigenvalue weighted by Crippen LogP contribution is 2.23. The Balaban J connectivity index is 2.10. The van der Waals surface area contributed by atoms with Gasteiger partial charge < -0.3 is 20.3 Å². The van der Waals surface area contributed by atoms with Gasteiger partial charge in [0.15, 0.2) is 5.75 Å². The molecule has 0 radical (unpaired) electrons. The Morgan fingerprint density at radius 3 is 2.54 bits per heavy atom. The molecule has 1 amide bonds. The Bertz CT molecular complexity index is 755. The minimum Gasteiger partial charge on any atom is -0.427 e. The summed E-state index contributed by atoms with van der Waals surface area (Å²) in [4.78, 5) is 22.4. The van der Waals surface area contributed by atoms with Crippen LogP contribution in [0.25, 0.3) is 6.08 Å². The molecular weight excluding hydrogens is 310 g/mol. The van der Waals surface area contributed by atoms with Gasteiger partial charge in [0.25, 0.3) is 6.47 Å². The Morgan fingerprint density at radius 2 is 1.83 bits per heavy atom. The Hall–Kier alpha value is -2.96. The molecule has 6 nitrogen and oxygen atoms in total. The second kappa shape index (κ2) is 8.61. The van der Waals surface area contributed by atoms with Gasteiger partial charge in [0, 0.05) is 6.08 Å². The molecule has 0 saturated heterocycles. The van der Waals surface area contributed by atoms with E-state index in [1.807, 2.05) is 0 Å². The molecule has 0 bridgehead atoms. The van der Waals surface area contributed by atoms with Crippen LogP contribution in [-0.2, 0) is 22.8 Å². The van der Waals surface area contributed by atoms with Gasteiger partial charge in [-0.15, -0.1) is 0 Å². The summed E-state index contributed by atoms with van der Waals surface area (Å²) >= 11 is 0. The monoisotopic (exact) mass is 327 g/mol. The van der Waals surface area contributed by atoms with Crippen LogP contribution in [0, 0.1) is 0 Å². The first-order valence-corrected chi connectivity index (χ1v) is 7.20. The van der Waals surface area contributed by atoms with Crippen molar-refractivity contribution in [2.24, 2.45) is 0 Å². The number of anilines is 1. The van der Waals surface area contributed by atoms with Crippen LogP contribution in [0.15, 0.2) is 48.5 Å². The van der Waals surface area contributed by atoms with Gasteiger partial charge in [-0.3, -0.25) is 9.59 Å². The Kier molecular flexibility index (Phi) is 6.24. The number of benzene rings is 2. The number of nitrogens with one attached hydrogen (secondary N) is 1. The lowest BCUT2D eigenvalue weighted by atomic mass is 10.0. The van der Waals surface area contributed by atoms with Crippen LogP contribution < -0.4 is 10.1 Å². The zero-order valence-electron chi connectivity index (χ0n) is 12.8. The number of para-hydroxylation sites is 2. The van der Waals surface area contributed by atoms with E-state index in [4.69, 9.17) is 9.84 Å². The molecule has 0 heterocycles. The molecule has 2 aromatic rings. The van der Waals surface area contributed by atoms with Crippen molar-refractivity contribution in [3.8, 4) is 5.75 Å². The smallest absolute Gasteiger partial charge is 0.298 e. The van der Waals surface area contributed by atoms with E-state index in [2.05, 4.69) is 5.32 Å². The summed E-state index contributed by atoms with van der Waals surface area (Å²) in [5, 5.41) is 21.1. The van der Waals surface area contributed by atoms with Crippen molar-refractivity contribution >= 4 is 24.1 Å². The van der Waals surface area contributed by atoms with Gasteiger partial charge in [0.05, 0.1) is 18.9 Å². The molecule has 0 aromatic heterocycles. The fourth-order valence-corrected chi connectivity index (χ4v) is 2.12. The SMILES string of the molecule is O=COc1ccccc1NC(=O)/C=C/c1ccc(CO)c(CO)c1. The molecule has 0 aliphatic heterocycles. The molecule has 0 aliphatic rings. The lowest BCUT2D eigenvalue weighted by molar-refractivity contribution is -0.120. The number of rotatable bonds is 7. The normalized spacial score (nSPS) is 10.6. The third kappa shape index (κ3) is 4.52. The molecule has 2 rings (SSSR count). The Morgan fingerprint density at radius 1 is 1.08 bits per heavy atom. The van der Waals surface area contributed by atoms with Crippen LogP contribution in [0.2, 0.25) is 0 Å². The highest BCUT2D eigenvalue weighted by Gasteiger charge is 2.05. The molecule has 2 aromatic carbocycles. The predicted octanol–water partition coefficient (Wildman–Crippen LogP) is 1.86. The second-order valence-electron chi connectivity index (χ2n) is 4.88. The summed E-state index contributed by atoms with van der Waals surface area (Å²) in [5.74, 6) is -0.141. The van der Waals surface area contributed by atoms with E-state index < -0.39 is 5.91 Å². The largest absolute Gasteiger partial charge is 0.427 e. The van der Waals surface area contributed by atoms with E-state index in [-0.39, 0.29) is 19.0 Å². The number of hydrogen-bond donors (Lipinski definition) is 3. The topological polar surface area (TPSA) is 95.9 Å². The first-order valence-electron chi connectivity index (χ1n) is 7.20. The maximum Gasteiger partial charge on any atom is 0.298 e. The quantitative estimate of drug-likeness (QED) is 0.533. The Labute approximate surface area is 139 Å². The fourth-order valence-electron chi connectivity index (χ4n) is 2.12. The van der Waals surface area contributed by atoms with Gasteiger partial charge in [-0.05, 0) is 41.0 Å². The standard InChI is InChI=1S/C18H17NO5/c20-10-14-7-5-13(9-15(14)11-21)6-8-18(23)19-16-3-1-2-4-17(16)24-12-22/h1-9,12,20-21H,10-11H2,(H,19,23)/b8-6+. The van der Waals surface area contributed by atoms with Crippen molar-refractivity contribution in [3.05, 3.63) is 65.2 Å². The van der Waals surface area contributed by atoms with Gasteiger partial charge in [-0.25, -0.2) is 0 Å². The molecule has 0 unspecified atom stereocenters. The van der Waals surface area contributed by atoms with Crippen molar-refractivity contribution in [2.45, 2.75) is 13.2 Å². The maximum atomic E-state index is 12.0. The van der Waals surface area contributed by atoms with E-state index in [1.165, 1.54) is 6.08 Å². The first-order chi connectivity index (χ1) is 11.7. The highest BCUT2D eigenvalue weighted by atomic mass is 16.5.